The van der Waals surface area contributed by atoms with Crippen LogP contribution >= 0.6 is 23.2 Å². The lowest BCUT2D eigenvalue weighted by atomic mass is 9.91. The lowest BCUT2D eigenvalue weighted by Crippen LogP contribution is -2.39. The number of hydrogen-bond donors (Lipinski definition) is 1. The van der Waals surface area contributed by atoms with E-state index in [9.17, 15) is 0 Å². The Labute approximate surface area is 144 Å². The molecule has 2 N–H and O–H groups in total. The van der Waals surface area contributed by atoms with E-state index < -0.39 is 0 Å². The van der Waals surface area contributed by atoms with Gasteiger partial charge >= 0.3 is 0 Å². The van der Waals surface area contributed by atoms with Gasteiger partial charge in [-0.1, -0.05) is 55.3 Å². The highest BCUT2D eigenvalue weighted by atomic mass is 35.5. The monoisotopic (exact) mass is 340 g/mol. The summed E-state index contributed by atoms with van der Waals surface area (Å²) in [7, 11) is 0. The molecule has 1 unspecified atom stereocenters. The summed E-state index contributed by atoms with van der Waals surface area (Å²) >= 11 is 12.6. The number of benzene rings is 1. The molecule has 122 valence electrons. The number of anilines is 1. The average molecular weight is 341 g/mol. The molecular formula is C18H26Cl2N2. The van der Waals surface area contributed by atoms with E-state index in [-0.39, 0.29) is 0 Å². The summed E-state index contributed by atoms with van der Waals surface area (Å²) in [6, 6.07) is 5.25. The van der Waals surface area contributed by atoms with Crippen molar-refractivity contribution in [1.82, 2.24) is 4.90 Å². The lowest BCUT2D eigenvalue weighted by molar-refractivity contribution is 0.106. The van der Waals surface area contributed by atoms with Crippen LogP contribution in [0, 0.1) is 0 Å². The first-order valence-electron chi connectivity index (χ1n) is 8.67. The zero-order chi connectivity index (χ0) is 15.5. The van der Waals surface area contributed by atoms with Crippen LogP contribution in [-0.4, -0.2) is 17.5 Å². The van der Waals surface area contributed by atoms with Gasteiger partial charge < -0.3 is 5.73 Å². The first-order valence-corrected chi connectivity index (χ1v) is 9.42. The van der Waals surface area contributed by atoms with Gasteiger partial charge in [0.25, 0.3) is 0 Å². The molecule has 0 amide bonds. The normalized spacial score (nSPS) is 25.1. The molecule has 22 heavy (non-hydrogen) atoms. The van der Waals surface area contributed by atoms with Gasteiger partial charge in [0.2, 0.25) is 0 Å². The van der Waals surface area contributed by atoms with Crippen molar-refractivity contribution >= 4 is 28.9 Å². The van der Waals surface area contributed by atoms with Gasteiger partial charge in [0.15, 0.2) is 0 Å². The van der Waals surface area contributed by atoms with E-state index in [0.29, 0.717) is 21.8 Å². The number of nitrogens with two attached hydrogens (primary N) is 1. The van der Waals surface area contributed by atoms with Gasteiger partial charge in [-0.3, -0.25) is 4.90 Å². The molecule has 3 rings (SSSR count). The molecule has 1 saturated carbocycles. The minimum Gasteiger partial charge on any atom is -0.396 e. The van der Waals surface area contributed by atoms with E-state index in [1.807, 2.05) is 12.1 Å². The van der Waals surface area contributed by atoms with Crippen molar-refractivity contribution in [2.24, 2.45) is 0 Å². The van der Waals surface area contributed by atoms with Crippen molar-refractivity contribution in [3.05, 3.63) is 27.7 Å². The van der Waals surface area contributed by atoms with Crippen molar-refractivity contribution in [3.8, 4) is 0 Å². The third-order valence-corrected chi connectivity index (χ3v) is 5.95. The first kappa shape index (κ1) is 16.4. The minimum absolute atomic E-state index is 0.446. The van der Waals surface area contributed by atoms with Crippen molar-refractivity contribution in [1.29, 1.82) is 0 Å². The predicted molar refractivity (Wildman–Crippen MR) is 95.7 cm³/mol. The highest BCUT2D eigenvalue weighted by Crippen LogP contribution is 2.39. The SMILES string of the molecule is Nc1c(Cl)cc(C2CCCCCN2C2CCCCC2)cc1Cl. The van der Waals surface area contributed by atoms with Gasteiger partial charge in [-0.15, -0.1) is 0 Å². The molecule has 0 radical (unpaired) electrons. The van der Waals surface area contributed by atoms with Crippen molar-refractivity contribution in [2.75, 3.05) is 12.3 Å². The molecular weight excluding hydrogens is 315 g/mol. The zero-order valence-electron chi connectivity index (χ0n) is 13.2. The molecule has 2 fully saturated rings. The van der Waals surface area contributed by atoms with E-state index in [4.69, 9.17) is 28.9 Å². The van der Waals surface area contributed by atoms with Crippen LogP contribution in [0.5, 0.6) is 0 Å². The van der Waals surface area contributed by atoms with Gasteiger partial charge in [-0.25, -0.2) is 0 Å². The van der Waals surface area contributed by atoms with Gasteiger partial charge in [0, 0.05) is 12.1 Å². The Morgan fingerprint density at radius 1 is 0.864 bits per heavy atom. The van der Waals surface area contributed by atoms with E-state index >= 15 is 0 Å². The van der Waals surface area contributed by atoms with Crippen molar-refractivity contribution < 1.29 is 0 Å². The number of likely N-dealkylation sites (tertiary alicyclic amines) is 1. The third kappa shape index (κ3) is 3.55. The fourth-order valence-electron chi connectivity index (χ4n) is 4.13. The van der Waals surface area contributed by atoms with Crippen LogP contribution in [0.15, 0.2) is 12.1 Å². The number of hydrogen-bond acceptors (Lipinski definition) is 2. The molecule has 1 atom stereocenters. The quantitative estimate of drug-likeness (QED) is 0.686. The van der Waals surface area contributed by atoms with E-state index in [2.05, 4.69) is 4.90 Å². The molecule has 0 bridgehead atoms. The summed E-state index contributed by atoms with van der Waals surface area (Å²) in [5, 5.41) is 1.19. The molecule has 0 spiro atoms. The average Bonchev–Trinajstić information content (AvgIpc) is 2.79. The maximum atomic E-state index is 6.28. The van der Waals surface area contributed by atoms with E-state index in [1.54, 1.807) is 0 Å². The second-order valence-corrected chi connectivity index (χ2v) is 7.61. The largest absolute Gasteiger partial charge is 0.396 e. The third-order valence-electron chi connectivity index (χ3n) is 5.32. The Bertz CT molecular complexity index is 489. The minimum atomic E-state index is 0.446. The maximum absolute atomic E-state index is 6.28. The second-order valence-electron chi connectivity index (χ2n) is 6.79. The molecule has 1 aromatic rings. The van der Waals surface area contributed by atoms with E-state index in [0.717, 1.165) is 6.04 Å². The number of halogens is 2. The summed E-state index contributed by atoms with van der Waals surface area (Å²) in [6.07, 6.45) is 11.9. The number of rotatable bonds is 2. The topological polar surface area (TPSA) is 29.3 Å². The Balaban J connectivity index is 1.89. The standard InChI is InChI=1S/C18H26Cl2N2/c19-15-11-13(12-16(20)18(15)21)17-9-5-2-6-10-22(17)14-7-3-1-4-8-14/h11-12,14,17H,1-10,21H2. The van der Waals surface area contributed by atoms with Crippen LogP contribution in [0.1, 0.15) is 69.4 Å². The molecule has 1 saturated heterocycles. The molecule has 1 aliphatic heterocycles. The molecule has 1 aromatic carbocycles. The van der Waals surface area contributed by atoms with Crippen molar-refractivity contribution in [2.45, 2.75) is 69.9 Å². The van der Waals surface area contributed by atoms with Crippen LogP contribution in [-0.2, 0) is 0 Å². The molecule has 2 nitrogen and oxygen atoms in total. The Hall–Kier alpha value is -0.440. The van der Waals surface area contributed by atoms with Gasteiger partial charge in [-0.05, 0) is 49.9 Å². The number of nitrogens with zero attached hydrogens (tertiary/aromatic N) is 1. The molecule has 4 heteroatoms. The molecule has 1 heterocycles. The summed E-state index contributed by atoms with van der Waals surface area (Å²) in [5.41, 5.74) is 7.66. The summed E-state index contributed by atoms with van der Waals surface area (Å²) < 4.78 is 0. The van der Waals surface area contributed by atoms with E-state index in [1.165, 1.54) is 69.9 Å². The number of nitrogen functional groups attached to an aromatic ring is 1. The van der Waals surface area contributed by atoms with Crippen LogP contribution in [0.4, 0.5) is 5.69 Å². The Morgan fingerprint density at radius 2 is 1.45 bits per heavy atom. The summed E-state index contributed by atoms with van der Waals surface area (Å²) in [4.78, 5) is 2.74. The van der Waals surface area contributed by atoms with Gasteiger partial charge in [-0.2, -0.15) is 0 Å². The first-order chi connectivity index (χ1) is 10.7. The van der Waals surface area contributed by atoms with Crippen LogP contribution in [0.3, 0.4) is 0 Å². The zero-order valence-corrected chi connectivity index (χ0v) is 14.7. The van der Waals surface area contributed by atoms with Crippen LogP contribution in [0.25, 0.3) is 0 Å². The van der Waals surface area contributed by atoms with Crippen LogP contribution in [0.2, 0.25) is 10.0 Å². The molecule has 1 aliphatic carbocycles. The second kappa shape index (κ2) is 7.42. The smallest absolute Gasteiger partial charge is 0.0693 e. The Morgan fingerprint density at radius 3 is 2.14 bits per heavy atom. The van der Waals surface area contributed by atoms with Crippen LogP contribution < -0.4 is 5.73 Å². The predicted octanol–water partition coefficient (Wildman–Crippen LogP) is 5.83. The summed E-state index contributed by atoms with van der Waals surface area (Å²) in [6.45, 7) is 1.20. The lowest BCUT2D eigenvalue weighted by Gasteiger charge is -2.39. The van der Waals surface area contributed by atoms with Crippen molar-refractivity contribution in [3.63, 3.8) is 0 Å². The summed E-state index contributed by atoms with van der Waals surface area (Å²) in [5.74, 6) is 0. The fraction of sp³-hybridized carbons (Fsp3) is 0.667. The Kier molecular flexibility index (Phi) is 5.54. The molecule has 2 aliphatic rings. The highest BCUT2D eigenvalue weighted by Gasteiger charge is 2.30. The fourth-order valence-corrected chi connectivity index (χ4v) is 4.64. The van der Waals surface area contributed by atoms with Gasteiger partial charge in [0.05, 0.1) is 15.7 Å². The highest BCUT2D eigenvalue weighted by molar-refractivity contribution is 6.38. The maximum Gasteiger partial charge on any atom is 0.0693 e. The van der Waals surface area contributed by atoms with Gasteiger partial charge in [0.1, 0.15) is 0 Å². The molecule has 0 aromatic heterocycles.